The molecule has 30 heavy (non-hydrogen) atoms. The van der Waals surface area contributed by atoms with Gasteiger partial charge in [-0.2, -0.15) is 4.31 Å². The van der Waals surface area contributed by atoms with Crippen molar-refractivity contribution in [3.8, 4) is 0 Å². The highest BCUT2D eigenvalue weighted by Crippen LogP contribution is 2.23. The first kappa shape index (κ1) is 24.9. The smallest absolute Gasteiger partial charge is 0.243 e. The van der Waals surface area contributed by atoms with Crippen LogP contribution >= 0.6 is 35.6 Å². The first-order valence-electron chi connectivity index (χ1n) is 9.78. The van der Waals surface area contributed by atoms with Gasteiger partial charge in [-0.25, -0.2) is 8.42 Å². The van der Waals surface area contributed by atoms with E-state index in [9.17, 15) is 8.42 Å². The third-order valence-electron chi connectivity index (χ3n) is 4.95. The molecule has 2 aromatic rings. The van der Waals surface area contributed by atoms with Gasteiger partial charge in [0.1, 0.15) is 0 Å². The molecule has 0 unspecified atom stereocenters. The van der Waals surface area contributed by atoms with E-state index < -0.39 is 10.0 Å². The molecule has 0 bridgehead atoms. The summed E-state index contributed by atoms with van der Waals surface area (Å²) in [6.45, 7) is 2.14. The van der Waals surface area contributed by atoms with Crippen molar-refractivity contribution in [3.05, 3.63) is 64.7 Å². The van der Waals surface area contributed by atoms with Crippen LogP contribution in [0.1, 0.15) is 30.4 Å². The molecule has 1 aliphatic rings. The van der Waals surface area contributed by atoms with E-state index in [-0.39, 0.29) is 24.0 Å². The average molecular weight is 563 g/mol. The molecule has 0 spiro atoms. The van der Waals surface area contributed by atoms with Crippen LogP contribution in [0.25, 0.3) is 0 Å². The Morgan fingerprint density at radius 2 is 1.63 bits per heavy atom. The number of hydrogen-bond acceptors (Lipinski definition) is 3. The number of nitrogens with zero attached hydrogens (tertiary/aromatic N) is 2. The maximum Gasteiger partial charge on any atom is 0.243 e. The van der Waals surface area contributed by atoms with Gasteiger partial charge >= 0.3 is 0 Å². The van der Waals surface area contributed by atoms with Gasteiger partial charge in [-0.3, -0.25) is 4.99 Å². The van der Waals surface area contributed by atoms with E-state index in [1.807, 2.05) is 36.4 Å². The second kappa shape index (κ2) is 11.9. The fourth-order valence-electron chi connectivity index (χ4n) is 3.33. The Morgan fingerprint density at radius 3 is 2.30 bits per heavy atom. The Kier molecular flexibility index (Phi) is 9.86. The molecule has 0 aliphatic carbocycles. The van der Waals surface area contributed by atoms with Crippen molar-refractivity contribution in [2.45, 2.75) is 37.2 Å². The van der Waals surface area contributed by atoms with E-state index in [0.717, 1.165) is 30.4 Å². The largest absolute Gasteiger partial charge is 0.352 e. The highest BCUT2D eigenvalue weighted by molar-refractivity contribution is 14.0. The summed E-state index contributed by atoms with van der Waals surface area (Å²) in [5.41, 5.74) is 1.80. The predicted octanol–water partition coefficient (Wildman–Crippen LogP) is 4.00. The van der Waals surface area contributed by atoms with Gasteiger partial charge in [0.05, 0.1) is 4.90 Å². The van der Waals surface area contributed by atoms with Gasteiger partial charge < -0.3 is 10.6 Å². The van der Waals surface area contributed by atoms with Crippen LogP contribution in [0.5, 0.6) is 0 Å². The summed E-state index contributed by atoms with van der Waals surface area (Å²) in [4.78, 5) is 4.59. The van der Waals surface area contributed by atoms with Crippen LogP contribution < -0.4 is 10.6 Å². The molecular formula is C21H28ClIN4O2S. The minimum Gasteiger partial charge on any atom is -0.352 e. The minimum atomic E-state index is -3.49. The maximum absolute atomic E-state index is 13.1. The van der Waals surface area contributed by atoms with Crippen LogP contribution in [0.4, 0.5) is 0 Å². The lowest BCUT2D eigenvalue weighted by molar-refractivity contribution is 0.346. The third-order valence-corrected chi connectivity index (χ3v) is 7.20. The van der Waals surface area contributed by atoms with E-state index in [4.69, 9.17) is 11.6 Å². The number of nitrogens with one attached hydrogen (secondary N) is 2. The van der Waals surface area contributed by atoms with Crippen molar-refractivity contribution < 1.29 is 8.42 Å². The number of halogens is 2. The van der Waals surface area contributed by atoms with Gasteiger partial charge in [0.25, 0.3) is 0 Å². The monoisotopic (exact) mass is 562 g/mol. The number of hydrogen-bond donors (Lipinski definition) is 2. The molecule has 2 N–H and O–H groups in total. The van der Waals surface area contributed by atoms with Gasteiger partial charge in [-0.15, -0.1) is 24.0 Å². The van der Waals surface area contributed by atoms with E-state index in [2.05, 4.69) is 15.6 Å². The average Bonchev–Trinajstić information content (AvgIpc) is 2.76. The van der Waals surface area contributed by atoms with Crippen LogP contribution in [0.2, 0.25) is 5.02 Å². The first-order chi connectivity index (χ1) is 14.0. The number of sulfonamides is 1. The summed E-state index contributed by atoms with van der Waals surface area (Å²) in [5.74, 6) is 0.602. The van der Waals surface area contributed by atoms with Crippen molar-refractivity contribution in [2.24, 2.45) is 4.99 Å². The summed E-state index contributed by atoms with van der Waals surface area (Å²) in [6, 6.07) is 14.7. The Bertz CT molecular complexity index is 946. The van der Waals surface area contributed by atoms with Crippen molar-refractivity contribution in [2.75, 3.05) is 20.1 Å². The molecule has 1 fully saturated rings. The molecule has 0 aromatic heterocycles. The molecule has 1 aliphatic heterocycles. The van der Waals surface area contributed by atoms with Crippen LogP contribution in [-0.4, -0.2) is 38.8 Å². The van der Waals surface area contributed by atoms with Crippen molar-refractivity contribution >= 4 is 51.6 Å². The van der Waals surface area contributed by atoms with Crippen LogP contribution in [-0.2, 0) is 23.1 Å². The third kappa shape index (κ3) is 6.57. The van der Waals surface area contributed by atoms with E-state index in [1.165, 1.54) is 0 Å². The van der Waals surface area contributed by atoms with Gasteiger partial charge in [0, 0.05) is 38.2 Å². The number of piperidine rings is 1. The number of rotatable bonds is 6. The molecule has 0 atom stereocenters. The van der Waals surface area contributed by atoms with Crippen LogP contribution in [0.3, 0.4) is 0 Å². The Morgan fingerprint density at radius 1 is 1.00 bits per heavy atom. The molecule has 0 saturated carbocycles. The minimum absolute atomic E-state index is 0. The van der Waals surface area contributed by atoms with Gasteiger partial charge in [0.2, 0.25) is 10.0 Å². The van der Waals surface area contributed by atoms with Gasteiger partial charge in [-0.05, 0) is 42.2 Å². The molecule has 164 valence electrons. The summed E-state index contributed by atoms with van der Waals surface area (Å²) in [5, 5.41) is 7.14. The zero-order chi connectivity index (χ0) is 20.7. The highest BCUT2D eigenvalue weighted by atomic mass is 127. The zero-order valence-corrected chi connectivity index (χ0v) is 20.9. The summed E-state index contributed by atoms with van der Waals surface area (Å²) in [7, 11) is -1.80. The van der Waals surface area contributed by atoms with Crippen molar-refractivity contribution in [3.63, 3.8) is 0 Å². The number of aliphatic imine (C=N–C) groups is 1. The summed E-state index contributed by atoms with van der Waals surface area (Å²) < 4.78 is 27.8. The highest BCUT2D eigenvalue weighted by Gasteiger charge is 2.27. The van der Waals surface area contributed by atoms with E-state index in [0.29, 0.717) is 42.1 Å². The SMILES string of the molecule is CN=C(NCc1ccc(Cl)cc1)NCc1ccccc1S(=O)(=O)N1CCCCC1.I. The quantitative estimate of drug-likeness (QED) is 0.317. The van der Waals surface area contributed by atoms with Crippen molar-refractivity contribution in [1.82, 2.24) is 14.9 Å². The molecule has 0 amide bonds. The van der Waals surface area contributed by atoms with Gasteiger partial charge in [0.15, 0.2) is 5.96 Å². The molecule has 2 aromatic carbocycles. The lowest BCUT2D eigenvalue weighted by Crippen LogP contribution is -2.38. The van der Waals surface area contributed by atoms with Crippen LogP contribution in [0, 0.1) is 0 Å². The predicted molar refractivity (Wildman–Crippen MR) is 133 cm³/mol. The fourth-order valence-corrected chi connectivity index (χ4v) is 5.20. The Balaban J connectivity index is 0.00000320. The Hall–Kier alpha value is -1.36. The molecule has 1 heterocycles. The van der Waals surface area contributed by atoms with Crippen LogP contribution in [0.15, 0.2) is 58.4 Å². The van der Waals surface area contributed by atoms with Gasteiger partial charge in [-0.1, -0.05) is 48.4 Å². The molecule has 3 rings (SSSR count). The Labute approximate surface area is 201 Å². The lowest BCUT2D eigenvalue weighted by atomic mass is 10.2. The maximum atomic E-state index is 13.1. The summed E-state index contributed by atoms with van der Waals surface area (Å²) in [6.07, 6.45) is 2.92. The molecule has 9 heteroatoms. The molecule has 1 saturated heterocycles. The second-order valence-corrected chi connectivity index (χ2v) is 9.32. The number of benzene rings is 2. The lowest BCUT2D eigenvalue weighted by Gasteiger charge is -2.27. The fraction of sp³-hybridized carbons (Fsp3) is 0.381. The summed E-state index contributed by atoms with van der Waals surface area (Å²) >= 11 is 5.92. The molecule has 0 radical (unpaired) electrons. The molecular weight excluding hydrogens is 535 g/mol. The topological polar surface area (TPSA) is 73.8 Å². The molecule has 6 nitrogen and oxygen atoms in total. The normalized spacial score (nSPS) is 15.3. The second-order valence-electron chi connectivity index (χ2n) is 6.98. The van der Waals surface area contributed by atoms with Crippen molar-refractivity contribution in [1.29, 1.82) is 0 Å². The van der Waals surface area contributed by atoms with E-state index >= 15 is 0 Å². The zero-order valence-electron chi connectivity index (χ0n) is 17.0. The van der Waals surface area contributed by atoms with E-state index in [1.54, 1.807) is 23.5 Å². The number of guanidine groups is 1. The standard InChI is InChI=1S/C21H27ClN4O2S.HI/c1-23-21(24-15-17-9-11-19(22)12-10-17)25-16-18-7-3-4-8-20(18)29(27,28)26-13-5-2-6-14-26;/h3-4,7-12H,2,5-6,13-16H2,1H3,(H2,23,24,25);1H. The first-order valence-corrected chi connectivity index (χ1v) is 11.6.